The molecule has 1 N–H and O–H groups in total. The second-order valence-corrected chi connectivity index (χ2v) is 5.57. The quantitative estimate of drug-likeness (QED) is 0.890. The lowest BCUT2D eigenvalue weighted by atomic mass is 10.2. The molecule has 0 aromatic heterocycles. The first kappa shape index (κ1) is 14.1. The highest BCUT2D eigenvalue weighted by Gasteiger charge is 2.24. The fraction of sp³-hybridized carbons (Fsp3) is 0.571. The summed E-state index contributed by atoms with van der Waals surface area (Å²) in [4.78, 5) is 2.50. The minimum atomic E-state index is 0.625. The van der Waals surface area contributed by atoms with E-state index in [4.69, 9.17) is 23.2 Å². The Hall–Kier alpha value is -0.280. The first-order chi connectivity index (χ1) is 8.72. The predicted octanol–water partition coefficient (Wildman–Crippen LogP) is 3.57. The van der Waals surface area contributed by atoms with Crippen LogP contribution in [0.1, 0.15) is 25.3 Å². The van der Waals surface area contributed by atoms with E-state index < -0.39 is 0 Å². The Labute approximate surface area is 119 Å². The number of hydrogen-bond acceptors (Lipinski definition) is 2. The topological polar surface area (TPSA) is 15.3 Å². The smallest absolute Gasteiger partial charge is 0.0637 e. The summed E-state index contributed by atoms with van der Waals surface area (Å²) < 4.78 is 0. The molecule has 0 aliphatic carbocycles. The lowest BCUT2D eigenvalue weighted by molar-refractivity contribution is 0.240. The van der Waals surface area contributed by atoms with E-state index in [0.29, 0.717) is 16.1 Å². The molecule has 1 aliphatic rings. The third-order valence-corrected chi connectivity index (χ3v) is 4.39. The second-order valence-electron chi connectivity index (χ2n) is 4.79. The maximum Gasteiger partial charge on any atom is 0.0637 e. The number of benzene rings is 1. The van der Waals surface area contributed by atoms with Crippen molar-refractivity contribution in [3.63, 3.8) is 0 Å². The van der Waals surface area contributed by atoms with Crippen molar-refractivity contribution in [3.05, 3.63) is 33.8 Å². The van der Waals surface area contributed by atoms with E-state index in [0.717, 1.165) is 31.7 Å². The minimum absolute atomic E-state index is 0.625. The first-order valence-corrected chi connectivity index (χ1v) is 7.35. The molecule has 0 spiro atoms. The van der Waals surface area contributed by atoms with Gasteiger partial charge < -0.3 is 5.32 Å². The van der Waals surface area contributed by atoms with Crippen molar-refractivity contribution >= 4 is 23.2 Å². The van der Waals surface area contributed by atoms with Crippen LogP contribution in [-0.4, -0.2) is 30.6 Å². The highest BCUT2D eigenvalue weighted by molar-refractivity contribution is 6.42. The first-order valence-electron chi connectivity index (χ1n) is 6.60. The highest BCUT2D eigenvalue weighted by atomic mass is 35.5. The Balaban J connectivity index is 2.01. The highest BCUT2D eigenvalue weighted by Crippen LogP contribution is 2.28. The summed E-state index contributed by atoms with van der Waals surface area (Å²) in [6.07, 6.45) is 2.54. The molecule has 0 radical (unpaired) electrons. The molecule has 1 aromatic rings. The Kier molecular flexibility index (Phi) is 5.31. The number of rotatable bonds is 5. The molecule has 1 aliphatic heterocycles. The zero-order valence-corrected chi connectivity index (χ0v) is 12.3. The Morgan fingerprint density at radius 1 is 1.39 bits per heavy atom. The van der Waals surface area contributed by atoms with Crippen LogP contribution in [0.2, 0.25) is 10.0 Å². The molecule has 2 nitrogen and oxygen atoms in total. The molecule has 0 amide bonds. The van der Waals surface area contributed by atoms with Gasteiger partial charge in [0.05, 0.1) is 10.0 Å². The summed E-state index contributed by atoms with van der Waals surface area (Å²) in [5.41, 5.74) is 1.13. The van der Waals surface area contributed by atoms with E-state index in [1.807, 2.05) is 12.1 Å². The number of halogens is 2. The standard InChI is InChI=1S/C14H20Cl2N2/c1-2-17-9-12-6-4-8-18(12)10-11-5-3-7-13(15)14(11)16/h3,5,7,12,17H,2,4,6,8-10H2,1H3. The summed E-state index contributed by atoms with van der Waals surface area (Å²) in [6.45, 7) is 6.29. The molecule has 4 heteroatoms. The van der Waals surface area contributed by atoms with Crippen LogP contribution in [0.15, 0.2) is 18.2 Å². The predicted molar refractivity (Wildman–Crippen MR) is 78.4 cm³/mol. The zero-order chi connectivity index (χ0) is 13.0. The summed E-state index contributed by atoms with van der Waals surface area (Å²) in [5.74, 6) is 0. The molecular formula is C14H20Cl2N2. The maximum absolute atomic E-state index is 6.25. The molecule has 0 saturated carbocycles. The van der Waals surface area contributed by atoms with Crippen molar-refractivity contribution in [2.45, 2.75) is 32.4 Å². The summed E-state index contributed by atoms with van der Waals surface area (Å²) in [6, 6.07) is 6.50. The molecule has 1 unspecified atom stereocenters. The van der Waals surface area contributed by atoms with Crippen LogP contribution in [0.5, 0.6) is 0 Å². The number of likely N-dealkylation sites (tertiary alicyclic amines) is 1. The van der Waals surface area contributed by atoms with E-state index in [2.05, 4.69) is 23.2 Å². The second kappa shape index (κ2) is 6.76. The summed E-state index contributed by atoms with van der Waals surface area (Å²) >= 11 is 12.3. The van der Waals surface area contributed by atoms with Crippen molar-refractivity contribution in [3.8, 4) is 0 Å². The molecule has 2 rings (SSSR count). The van der Waals surface area contributed by atoms with Gasteiger partial charge in [-0.25, -0.2) is 0 Å². The lowest BCUT2D eigenvalue weighted by Crippen LogP contribution is -2.37. The van der Waals surface area contributed by atoms with Crippen molar-refractivity contribution in [1.29, 1.82) is 0 Å². The van der Waals surface area contributed by atoms with Gasteiger partial charge in [-0.2, -0.15) is 0 Å². The SMILES string of the molecule is CCNCC1CCCN1Cc1cccc(Cl)c1Cl. The van der Waals surface area contributed by atoms with Gasteiger partial charge in [-0.05, 0) is 37.6 Å². The van der Waals surface area contributed by atoms with Crippen LogP contribution in [0.3, 0.4) is 0 Å². The molecule has 100 valence electrons. The minimum Gasteiger partial charge on any atom is -0.315 e. The van der Waals surface area contributed by atoms with Gasteiger partial charge in [0, 0.05) is 19.1 Å². The normalized spacial score (nSPS) is 20.5. The lowest BCUT2D eigenvalue weighted by Gasteiger charge is -2.25. The van der Waals surface area contributed by atoms with Crippen LogP contribution in [-0.2, 0) is 6.54 Å². The number of nitrogens with zero attached hydrogens (tertiary/aromatic N) is 1. The van der Waals surface area contributed by atoms with Gasteiger partial charge in [0.15, 0.2) is 0 Å². The van der Waals surface area contributed by atoms with Gasteiger partial charge in [0.1, 0.15) is 0 Å². The van der Waals surface area contributed by atoms with E-state index in [9.17, 15) is 0 Å². The van der Waals surface area contributed by atoms with E-state index in [1.165, 1.54) is 12.8 Å². The average molecular weight is 287 g/mol. The molecule has 1 saturated heterocycles. The third kappa shape index (κ3) is 3.39. The van der Waals surface area contributed by atoms with Crippen LogP contribution < -0.4 is 5.32 Å². The Morgan fingerprint density at radius 3 is 3.00 bits per heavy atom. The van der Waals surface area contributed by atoms with E-state index >= 15 is 0 Å². The van der Waals surface area contributed by atoms with Gasteiger partial charge in [0.2, 0.25) is 0 Å². The average Bonchev–Trinajstić information content (AvgIpc) is 2.80. The van der Waals surface area contributed by atoms with Gasteiger partial charge in [0.25, 0.3) is 0 Å². The van der Waals surface area contributed by atoms with Gasteiger partial charge in [-0.3, -0.25) is 4.90 Å². The fourth-order valence-corrected chi connectivity index (χ4v) is 2.91. The molecule has 1 heterocycles. The Bertz CT molecular complexity index is 395. The van der Waals surface area contributed by atoms with Crippen LogP contribution in [0.4, 0.5) is 0 Å². The van der Waals surface area contributed by atoms with Crippen LogP contribution in [0.25, 0.3) is 0 Å². The number of likely N-dealkylation sites (N-methyl/N-ethyl adjacent to an activating group) is 1. The van der Waals surface area contributed by atoms with Gasteiger partial charge in [-0.1, -0.05) is 42.3 Å². The number of hydrogen-bond donors (Lipinski definition) is 1. The summed E-state index contributed by atoms with van der Waals surface area (Å²) in [5, 5.41) is 4.78. The maximum atomic E-state index is 6.25. The van der Waals surface area contributed by atoms with Crippen LogP contribution in [0, 0.1) is 0 Å². The molecule has 0 bridgehead atoms. The van der Waals surface area contributed by atoms with Crippen molar-refractivity contribution in [2.75, 3.05) is 19.6 Å². The van der Waals surface area contributed by atoms with Crippen LogP contribution >= 0.6 is 23.2 Å². The van der Waals surface area contributed by atoms with Crippen molar-refractivity contribution in [1.82, 2.24) is 10.2 Å². The van der Waals surface area contributed by atoms with Gasteiger partial charge in [-0.15, -0.1) is 0 Å². The molecule has 1 atom stereocenters. The molecular weight excluding hydrogens is 267 g/mol. The van der Waals surface area contributed by atoms with Crippen molar-refractivity contribution in [2.24, 2.45) is 0 Å². The largest absolute Gasteiger partial charge is 0.315 e. The van der Waals surface area contributed by atoms with Crippen molar-refractivity contribution < 1.29 is 0 Å². The van der Waals surface area contributed by atoms with E-state index in [-0.39, 0.29) is 0 Å². The number of nitrogens with one attached hydrogen (secondary N) is 1. The summed E-state index contributed by atoms with van der Waals surface area (Å²) in [7, 11) is 0. The fourth-order valence-electron chi connectivity index (χ4n) is 2.53. The Morgan fingerprint density at radius 2 is 2.22 bits per heavy atom. The van der Waals surface area contributed by atoms with E-state index in [1.54, 1.807) is 0 Å². The zero-order valence-electron chi connectivity index (χ0n) is 10.8. The molecule has 18 heavy (non-hydrogen) atoms. The van der Waals surface area contributed by atoms with Gasteiger partial charge >= 0.3 is 0 Å². The monoisotopic (exact) mass is 286 g/mol. The molecule has 1 aromatic carbocycles. The third-order valence-electron chi connectivity index (χ3n) is 3.53. The molecule has 1 fully saturated rings.